The van der Waals surface area contributed by atoms with Gasteiger partial charge in [-0.3, -0.25) is 0 Å². The van der Waals surface area contributed by atoms with Crippen LogP contribution in [-0.2, 0) is 22.1 Å². The minimum atomic E-state index is -4.48. The summed E-state index contributed by atoms with van der Waals surface area (Å²) in [6.07, 6.45) is 0.177. The molecule has 0 bridgehead atoms. The van der Waals surface area contributed by atoms with Gasteiger partial charge in [-0.15, -0.1) is 0 Å². The smallest absolute Gasteiger partial charge is 0.381 e. The molecule has 1 aromatic carbocycles. The Balaban J connectivity index is 1.49. The standard InChI is InChI=1S/C22H23F3N4O2/c23-22(24,25)18-11-16-20(28-18)26-12-27-21(16)29-19-15-4-2-1-3-13(15)5-6-17(19)31-14-7-9-30-10-8-14/h1-4,11-12,14,17,19H,5-10H2,(H2,26,27,28,29)/t17?,19-/m0/s1. The molecule has 3 heterocycles. The first-order chi connectivity index (χ1) is 15.0. The molecule has 1 fully saturated rings. The molecule has 0 spiro atoms. The Bertz CT molecular complexity index is 1060. The van der Waals surface area contributed by atoms with E-state index in [1.54, 1.807) is 0 Å². The fourth-order valence-electron chi connectivity index (χ4n) is 4.46. The van der Waals surface area contributed by atoms with Gasteiger partial charge in [-0.1, -0.05) is 24.3 Å². The SMILES string of the molecule is FC(F)(F)c1cc2c(N[C@H]3c4ccccc4CCC3OC3CCOCC3)ncnc2[nH]1. The van der Waals surface area contributed by atoms with E-state index in [2.05, 4.69) is 26.3 Å². The summed E-state index contributed by atoms with van der Waals surface area (Å²) in [7, 11) is 0. The summed E-state index contributed by atoms with van der Waals surface area (Å²) in [6, 6.07) is 8.93. The van der Waals surface area contributed by atoms with Crippen molar-refractivity contribution in [2.45, 2.75) is 50.1 Å². The van der Waals surface area contributed by atoms with Crippen molar-refractivity contribution in [3.05, 3.63) is 53.5 Å². The van der Waals surface area contributed by atoms with Crippen molar-refractivity contribution in [3.8, 4) is 0 Å². The maximum absolute atomic E-state index is 13.2. The molecule has 6 nitrogen and oxygen atoms in total. The van der Waals surface area contributed by atoms with Crippen molar-refractivity contribution >= 4 is 16.9 Å². The number of ether oxygens (including phenoxy) is 2. The summed E-state index contributed by atoms with van der Waals surface area (Å²) in [5.41, 5.74) is 1.60. The Kier molecular flexibility index (Phi) is 5.31. The average molecular weight is 432 g/mol. The number of rotatable bonds is 4. The van der Waals surface area contributed by atoms with E-state index < -0.39 is 11.9 Å². The van der Waals surface area contributed by atoms with Gasteiger partial charge in [-0.25, -0.2) is 9.97 Å². The number of halogens is 3. The van der Waals surface area contributed by atoms with Crippen LogP contribution in [0, 0.1) is 0 Å². The van der Waals surface area contributed by atoms with E-state index in [9.17, 15) is 13.2 Å². The second-order valence-electron chi connectivity index (χ2n) is 8.01. The van der Waals surface area contributed by atoms with Crippen LogP contribution in [-0.4, -0.2) is 40.4 Å². The van der Waals surface area contributed by atoms with E-state index in [0.29, 0.717) is 24.4 Å². The third-order valence-electron chi connectivity index (χ3n) is 6.02. The molecule has 5 rings (SSSR count). The van der Waals surface area contributed by atoms with E-state index >= 15 is 0 Å². The van der Waals surface area contributed by atoms with Crippen LogP contribution in [0.3, 0.4) is 0 Å². The molecule has 1 aliphatic heterocycles. The predicted molar refractivity (Wildman–Crippen MR) is 109 cm³/mol. The molecule has 2 aromatic heterocycles. The third-order valence-corrected chi connectivity index (χ3v) is 6.02. The molecule has 0 radical (unpaired) electrons. The van der Waals surface area contributed by atoms with Gasteiger partial charge in [0.25, 0.3) is 0 Å². The van der Waals surface area contributed by atoms with Crippen LogP contribution >= 0.6 is 0 Å². The Morgan fingerprint density at radius 3 is 2.71 bits per heavy atom. The highest BCUT2D eigenvalue weighted by atomic mass is 19.4. The van der Waals surface area contributed by atoms with Crippen LogP contribution in [0.4, 0.5) is 19.0 Å². The zero-order valence-electron chi connectivity index (χ0n) is 16.8. The lowest BCUT2D eigenvalue weighted by molar-refractivity contribution is -0.140. The van der Waals surface area contributed by atoms with Crippen molar-refractivity contribution in [2.75, 3.05) is 18.5 Å². The van der Waals surface area contributed by atoms with Crippen molar-refractivity contribution in [2.24, 2.45) is 0 Å². The summed E-state index contributed by atoms with van der Waals surface area (Å²) >= 11 is 0. The number of nitrogens with one attached hydrogen (secondary N) is 2. The van der Waals surface area contributed by atoms with E-state index in [1.807, 2.05) is 18.2 Å². The van der Waals surface area contributed by atoms with Gasteiger partial charge in [0, 0.05) is 13.2 Å². The first-order valence-electron chi connectivity index (χ1n) is 10.5. The molecule has 1 saturated heterocycles. The van der Waals surface area contributed by atoms with Crippen LogP contribution in [0.25, 0.3) is 11.0 Å². The number of anilines is 1. The van der Waals surface area contributed by atoms with Crippen LogP contribution in [0.5, 0.6) is 0 Å². The molecule has 0 saturated carbocycles. The second kappa shape index (κ2) is 8.12. The van der Waals surface area contributed by atoms with Gasteiger partial charge >= 0.3 is 6.18 Å². The van der Waals surface area contributed by atoms with Gasteiger partial charge in [-0.05, 0) is 42.9 Å². The Morgan fingerprint density at radius 1 is 1.10 bits per heavy atom. The molecule has 0 amide bonds. The number of alkyl halides is 3. The number of aryl methyl sites for hydroxylation is 1. The molecular formula is C22H23F3N4O2. The number of hydrogen-bond donors (Lipinski definition) is 2. The van der Waals surface area contributed by atoms with E-state index in [1.165, 1.54) is 11.9 Å². The summed E-state index contributed by atoms with van der Waals surface area (Å²) in [4.78, 5) is 10.6. The van der Waals surface area contributed by atoms with Crippen LogP contribution in [0.15, 0.2) is 36.7 Å². The third kappa shape index (κ3) is 4.12. The molecule has 1 aliphatic carbocycles. The number of nitrogens with zero attached hydrogens (tertiary/aromatic N) is 2. The van der Waals surface area contributed by atoms with E-state index in [-0.39, 0.29) is 23.9 Å². The highest BCUT2D eigenvalue weighted by Crippen LogP contribution is 2.38. The lowest BCUT2D eigenvalue weighted by Gasteiger charge is -2.37. The summed E-state index contributed by atoms with van der Waals surface area (Å²) in [5.74, 6) is 0.360. The Morgan fingerprint density at radius 2 is 1.90 bits per heavy atom. The number of aromatic amines is 1. The highest BCUT2D eigenvalue weighted by Gasteiger charge is 2.35. The quantitative estimate of drug-likeness (QED) is 0.629. The summed E-state index contributed by atoms with van der Waals surface area (Å²) in [6.45, 7) is 1.37. The van der Waals surface area contributed by atoms with E-state index in [0.717, 1.165) is 37.3 Å². The minimum absolute atomic E-state index is 0.114. The molecule has 9 heteroatoms. The van der Waals surface area contributed by atoms with Gasteiger partial charge in [0.1, 0.15) is 23.5 Å². The zero-order valence-corrected chi connectivity index (χ0v) is 16.8. The lowest BCUT2D eigenvalue weighted by atomic mass is 9.85. The normalized spacial score (nSPS) is 22.4. The molecule has 2 N–H and O–H groups in total. The fourth-order valence-corrected chi connectivity index (χ4v) is 4.46. The monoisotopic (exact) mass is 432 g/mol. The molecule has 2 aliphatic rings. The zero-order chi connectivity index (χ0) is 21.4. The van der Waals surface area contributed by atoms with Gasteiger partial charge in [0.2, 0.25) is 0 Å². The number of hydrogen-bond acceptors (Lipinski definition) is 5. The molecule has 164 valence electrons. The molecule has 1 unspecified atom stereocenters. The molecular weight excluding hydrogens is 409 g/mol. The number of aromatic nitrogens is 3. The maximum Gasteiger partial charge on any atom is 0.431 e. The number of benzene rings is 1. The van der Waals surface area contributed by atoms with Crippen LogP contribution in [0.2, 0.25) is 0 Å². The average Bonchev–Trinajstić information content (AvgIpc) is 3.22. The highest BCUT2D eigenvalue weighted by molar-refractivity contribution is 5.88. The first-order valence-corrected chi connectivity index (χ1v) is 10.5. The van der Waals surface area contributed by atoms with E-state index in [4.69, 9.17) is 9.47 Å². The van der Waals surface area contributed by atoms with Gasteiger partial charge < -0.3 is 19.8 Å². The Hall–Kier alpha value is -2.65. The molecule has 31 heavy (non-hydrogen) atoms. The minimum Gasteiger partial charge on any atom is -0.381 e. The largest absolute Gasteiger partial charge is 0.431 e. The van der Waals surface area contributed by atoms with Crippen LogP contribution in [0.1, 0.15) is 42.1 Å². The van der Waals surface area contributed by atoms with Crippen molar-refractivity contribution in [1.82, 2.24) is 15.0 Å². The topological polar surface area (TPSA) is 72.1 Å². The van der Waals surface area contributed by atoms with Crippen molar-refractivity contribution < 1.29 is 22.6 Å². The molecule has 3 aromatic rings. The van der Waals surface area contributed by atoms with Crippen molar-refractivity contribution in [1.29, 1.82) is 0 Å². The Labute approximate surface area is 177 Å². The number of H-pyrrole nitrogens is 1. The second-order valence-corrected chi connectivity index (χ2v) is 8.01. The van der Waals surface area contributed by atoms with Crippen LogP contribution < -0.4 is 5.32 Å². The maximum atomic E-state index is 13.2. The lowest BCUT2D eigenvalue weighted by Crippen LogP contribution is -2.37. The predicted octanol–water partition coefficient (Wildman–Crippen LogP) is 4.64. The van der Waals surface area contributed by atoms with Gasteiger partial charge in [0.05, 0.1) is 23.6 Å². The first kappa shape index (κ1) is 20.3. The van der Waals surface area contributed by atoms with Gasteiger partial charge in [-0.2, -0.15) is 13.2 Å². The number of fused-ring (bicyclic) bond motifs is 2. The fraction of sp³-hybridized carbons (Fsp3) is 0.455. The van der Waals surface area contributed by atoms with Gasteiger partial charge in [0.15, 0.2) is 0 Å². The molecule has 2 atom stereocenters. The summed E-state index contributed by atoms with van der Waals surface area (Å²) < 4.78 is 51.5. The summed E-state index contributed by atoms with van der Waals surface area (Å²) in [5, 5.41) is 3.70. The van der Waals surface area contributed by atoms with Crippen molar-refractivity contribution in [3.63, 3.8) is 0 Å².